The molecule has 0 fully saturated rings. The second-order valence-corrected chi connectivity index (χ2v) is 6.80. The van der Waals surface area contributed by atoms with Crippen LogP contribution in [0.5, 0.6) is 0 Å². The zero-order chi connectivity index (χ0) is 15.0. The maximum absolute atomic E-state index is 12.4. The fraction of sp³-hybridized carbons (Fsp3) is 0.357. The van der Waals surface area contributed by atoms with Crippen LogP contribution in [0.4, 0.5) is 0 Å². The third-order valence-electron chi connectivity index (χ3n) is 3.72. The van der Waals surface area contributed by atoms with E-state index >= 15 is 0 Å². The monoisotopic (exact) mass is 307 g/mol. The van der Waals surface area contributed by atoms with Gasteiger partial charge in [0.2, 0.25) is 0 Å². The fourth-order valence-electron chi connectivity index (χ4n) is 2.61. The summed E-state index contributed by atoms with van der Waals surface area (Å²) in [6.45, 7) is 1.89. The number of fused-ring (bicyclic) bond motifs is 1. The molecule has 1 aliphatic rings. The minimum absolute atomic E-state index is 0.0240. The number of nitrogens with zero attached hydrogens (tertiary/aromatic N) is 1. The normalized spacial score (nSPS) is 21.4. The summed E-state index contributed by atoms with van der Waals surface area (Å²) in [4.78, 5) is 6.77. The van der Waals surface area contributed by atoms with Gasteiger partial charge in [-0.1, -0.05) is 31.2 Å². The first-order valence-corrected chi connectivity index (χ1v) is 8.31. The Bertz CT molecular complexity index is 754. The summed E-state index contributed by atoms with van der Waals surface area (Å²) in [5.41, 5.74) is 1.79. The van der Waals surface area contributed by atoms with Crippen molar-refractivity contribution in [3.05, 3.63) is 47.4 Å². The van der Waals surface area contributed by atoms with Gasteiger partial charge in [0.05, 0.1) is 18.3 Å². The van der Waals surface area contributed by atoms with Crippen LogP contribution in [0.2, 0.25) is 0 Å². The zero-order valence-electron chi connectivity index (χ0n) is 11.6. The second kappa shape index (κ2) is 5.25. The first kappa shape index (κ1) is 14.2. The molecule has 21 heavy (non-hydrogen) atoms. The number of aliphatic hydroxyl groups is 1. The van der Waals surface area contributed by atoms with Crippen molar-refractivity contribution >= 4 is 10.0 Å². The Kier molecular flexibility index (Phi) is 3.56. The Hall–Kier alpha value is -1.70. The van der Waals surface area contributed by atoms with Gasteiger partial charge in [0.1, 0.15) is 5.82 Å². The van der Waals surface area contributed by atoms with Crippen LogP contribution in [0, 0.1) is 0 Å². The van der Waals surface area contributed by atoms with Gasteiger partial charge in [-0.25, -0.2) is 13.4 Å². The van der Waals surface area contributed by atoms with Gasteiger partial charge in [0, 0.05) is 12.8 Å². The molecular weight excluding hydrogens is 290 g/mol. The van der Waals surface area contributed by atoms with Gasteiger partial charge in [-0.05, 0) is 11.1 Å². The SMILES string of the molecule is CCc1ncc(S(=O)(=O)N[C@H]2c3ccccc3C[C@H]2O)[nH]1. The van der Waals surface area contributed by atoms with E-state index in [0.29, 0.717) is 18.7 Å². The van der Waals surface area contributed by atoms with Crippen molar-refractivity contribution in [3.8, 4) is 0 Å². The molecule has 3 rings (SSSR count). The summed E-state index contributed by atoms with van der Waals surface area (Å²) in [6.07, 6.45) is 1.62. The number of aromatic amines is 1. The maximum Gasteiger partial charge on any atom is 0.258 e. The number of hydrogen-bond acceptors (Lipinski definition) is 4. The molecule has 1 aromatic carbocycles. The van der Waals surface area contributed by atoms with E-state index in [1.807, 2.05) is 31.2 Å². The number of H-pyrrole nitrogens is 1. The van der Waals surface area contributed by atoms with Gasteiger partial charge in [0.15, 0.2) is 5.03 Å². The number of nitrogens with one attached hydrogen (secondary N) is 2. The van der Waals surface area contributed by atoms with E-state index in [-0.39, 0.29) is 5.03 Å². The topological polar surface area (TPSA) is 95.1 Å². The van der Waals surface area contributed by atoms with Gasteiger partial charge in [-0.3, -0.25) is 0 Å². The Balaban J connectivity index is 1.89. The third kappa shape index (κ3) is 2.59. The summed E-state index contributed by atoms with van der Waals surface area (Å²) < 4.78 is 27.3. The molecule has 6 nitrogen and oxygen atoms in total. The molecule has 1 aliphatic carbocycles. The van der Waals surface area contributed by atoms with Gasteiger partial charge in [0.25, 0.3) is 10.0 Å². The Morgan fingerprint density at radius 2 is 2.19 bits per heavy atom. The van der Waals surface area contributed by atoms with Crippen LogP contribution in [-0.4, -0.2) is 29.6 Å². The van der Waals surface area contributed by atoms with Crippen molar-refractivity contribution in [2.45, 2.75) is 36.9 Å². The lowest BCUT2D eigenvalue weighted by Gasteiger charge is -2.17. The summed E-state index contributed by atoms with van der Waals surface area (Å²) in [7, 11) is -3.74. The van der Waals surface area contributed by atoms with E-state index in [1.54, 1.807) is 0 Å². The molecule has 1 heterocycles. The molecule has 0 spiro atoms. The maximum atomic E-state index is 12.4. The van der Waals surface area contributed by atoms with Gasteiger partial charge < -0.3 is 10.1 Å². The van der Waals surface area contributed by atoms with Crippen LogP contribution in [0.1, 0.15) is 29.9 Å². The summed E-state index contributed by atoms with van der Waals surface area (Å²) in [6, 6.07) is 6.83. The van der Waals surface area contributed by atoms with E-state index in [4.69, 9.17) is 0 Å². The number of sulfonamides is 1. The highest BCUT2D eigenvalue weighted by molar-refractivity contribution is 7.89. The lowest BCUT2D eigenvalue weighted by molar-refractivity contribution is 0.151. The van der Waals surface area contributed by atoms with Crippen molar-refractivity contribution in [1.82, 2.24) is 14.7 Å². The minimum atomic E-state index is -3.74. The lowest BCUT2D eigenvalue weighted by Crippen LogP contribution is -2.34. The molecular formula is C14H17N3O3S. The highest BCUT2D eigenvalue weighted by atomic mass is 32.2. The molecule has 2 atom stereocenters. The molecule has 0 saturated heterocycles. The molecule has 7 heteroatoms. The number of rotatable bonds is 4. The van der Waals surface area contributed by atoms with E-state index in [9.17, 15) is 13.5 Å². The quantitative estimate of drug-likeness (QED) is 0.782. The zero-order valence-corrected chi connectivity index (χ0v) is 12.4. The standard InChI is InChI=1S/C14H17N3O3S/c1-2-12-15-8-13(16-12)21(19,20)17-14-10-6-4-3-5-9(10)7-11(14)18/h3-6,8,11,14,17-18H,2,7H2,1H3,(H,15,16)/t11-,14+/m1/s1. The van der Waals surface area contributed by atoms with Gasteiger partial charge in [-0.15, -0.1) is 0 Å². The largest absolute Gasteiger partial charge is 0.391 e. The van der Waals surface area contributed by atoms with Crippen molar-refractivity contribution in [2.75, 3.05) is 0 Å². The molecule has 3 N–H and O–H groups in total. The van der Waals surface area contributed by atoms with Crippen LogP contribution in [0.25, 0.3) is 0 Å². The van der Waals surface area contributed by atoms with Crippen molar-refractivity contribution < 1.29 is 13.5 Å². The predicted octanol–water partition coefficient (Wildman–Crippen LogP) is 0.909. The molecule has 0 unspecified atom stereocenters. The van der Waals surface area contributed by atoms with Crippen LogP contribution >= 0.6 is 0 Å². The Labute approximate surface area is 123 Å². The molecule has 112 valence electrons. The van der Waals surface area contributed by atoms with Crippen LogP contribution in [-0.2, 0) is 22.9 Å². The summed E-state index contributed by atoms with van der Waals surface area (Å²) >= 11 is 0. The van der Waals surface area contributed by atoms with Crippen molar-refractivity contribution in [2.24, 2.45) is 0 Å². The van der Waals surface area contributed by atoms with E-state index in [1.165, 1.54) is 6.20 Å². The molecule has 1 aromatic heterocycles. The van der Waals surface area contributed by atoms with Crippen LogP contribution < -0.4 is 4.72 Å². The molecule has 0 amide bonds. The Morgan fingerprint density at radius 3 is 2.90 bits per heavy atom. The van der Waals surface area contributed by atoms with Crippen LogP contribution in [0.15, 0.2) is 35.5 Å². The van der Waals surface area contributed by atoms with Crippen molar-refractivity contribution in [1.29, 1.82) is 0 Å². The summed E-state index contributed by atoms with van der Waals surface area (Å²) in [5, 5.41) is 10.1. The third-order valence-corrected chi connectivity index (χ3v) is 5.07. The van der Waals surface area contributed by atoms with E-state index < -0.39 is 22.2 Å². The fourth-order valence-corrected chi connectivity index (χ4v) is 3.80. The lowest BCUT2D eigenvalue weighted by atomic mass is 10.1. The first-order valence-electron chi connectivity index (χ1n) is 6.83. The van der Waals surface area contributed by atoms with Gasteiger partial charge >= 0.3 is 0 Å². The predicted molar refractivity (Wildman–Crippen MR) is 77.2 cm³/mol. The Morgan fingerprint density at radius 1 is 1.43 bits per heavy atom. The summed E-state index contributed by atoms with van der Waals surface area (Å²) in [5.74, 6) is 0.614. The molecule has 0 radical (unpaired) electrons. The highest BCUT2D eigenvalue weighted by Gasteiger charge is 2.34. The number of aromatic nitrogens is 2. The number of aliphatic hydroxyl groups excluding tert-OH is 1. The molecule has 0 bridgehead atoms. The number of aryl methyl sites for hydroxylation is 1. The minimum Gasteiger partial charge on any atom is -0.391 e. The van der Waals surface area contributed by atoms with Crippen LogP contribution in [0.3, 0.4) is 0 Å². The number of hydrogen-bond donors (Lipinski definition) is 3. The smallest absolute Gasteiger partial charge is 0.258 e. The van der Waals surface area contributed by atoms with Gasteiger partial charge in [-0.2, -0.15) is 4.72 Å². The van der Waals surface area contributed by atoms with E-state index in [2.05, 4.69) is 14.7 Å². The molecule has 0 saturated carbocycles. The second-order valence-electron chi connectivity index (χ2n) is 5.12. The molecule has 0 aliphatic heterocycles. The average Bonchev–Trinajstić information content (AvgIpc) is 3.05. The van der Waals surface area contributed by atoms with Crippen molar-refractivity contribution in [3.63, 3.8) is 0 Å². The number of benzene rings is 1. The highest BCUT2D eigenvalue weighted by Crippen LogP contribution is 2.32. The first-order chi connectivity index (χ1) is 10.0. The molecule has 2 aromatic rings. The average molecular weight is 307 g/mol. The number of imidazole rings is 1. The van der Waals surface area contributed by atoms with E-state index in [0.717, 1.165) is 11.1 Å².